The lowest BCUT2D eigenvalue weighted by Gasteiger charge is -2.34. The van der Waals surface area contributed by atoms with Gasteiger partial charge in [0, 0.05) is 37.6 Å². The molecule has 0 bridgehead atoms. The molecule has 2 N–H and O–H groups in total. The highest BCUT2D eigenvalue weighted by molar-refractivity contribution is 5.97. The van der Waals surface area contributed by atoms with E-state index in [1.54, 1.807) is 28.0 Å². The molecule has 1 saturated heterocycles. The molecule has 3 aromatic rings. The van der Waals surface area contributed by atoms with Gasteiger partial charge in [-0.1, -0.05) is 24.3 Å². The van der Waals surface area contributed by atoms with Crippen LogP contribution in [0.15, 0.2) is 54.6 Å². The minimum atomic E-state index is -0.222. The number of phenolic OH excluding ortho intramolecular Hbond substituents is 1. The molecule has 1 fully saturated rings. The smallest absolute Gasteiger partial charge is 0.321 e. The molecule has 1 aliphatic rings. The summed E-state index contributed by atoms with van der Waals surface area (Å²) in [6.45, 7) is 6.31. The van der Waals surface area contributed by atoms with Gasteiger partial charge in [0.25, 0.3) is 5.91 Å². The van der Waals surface area contributed by atoms with Gasteiger partial charge in [-0.05, 0) is 49.7 Å². The predicted molar refractivity (Wildman–Crippen MR) is 122 cm³/mol. The Kier molecular flexibility index (Phi) is 6.11. The number of anilines is 1. The molecule has 1 aromatic heterocycles. The van der Waals surface area contributed by atoms with E-state index in [2.05, 4.69) is 10.4 Å². The topological polar surface area (TPSA) is 90.7 Å². The lowest BCUT2D eigenvalue weighted by Crippen LogP contribution is -2.51. The summed E-state index contributed by atoms with van der Waals surface area (Å²) in [5, 5.41) is 17.4. The van der Waals surface area contributed by atoms with Crippen molar-refractivity contribution in [2.45, 2.75) is 20.4 Å². The number of hydrogen-bond acceptors (Lipinski definition) is 4. The summed E-state index contributed by atoms with van der Waals surface area (Å²) in [5.74, 6) is -0.252. The van der Waals surface area contributed by atoms with Crippen LogP contribution < -0.4 is 5.32 Å². The number of para-hydroxylation sites is 1. The molecule has 8 nitrogen and oxygen atoms in total. The zero-order valence-electron chi connectivity index (χ0n) is 18.3. The highest BCUT2D eigenvalue weighted by Crippen LogP contribution is 2.19. The number of aromatic nitrogens is 2. The van der Waals surface area contributed by atoms with Crippen LogP contribution in [0.1, 0.15) is 27.3 Å². The van der Waals surface area contributed by atoms with E-state index >= 15 is 0 Å². The van der Waals surface area contributed by atoms with Crippen LogP contribution in [-0.4, -0.2) is 62.8 Å². The molecule has 0 saturated carbocycles. The van der Waals surface area contributed by atoms with E-state index in [0.717, 1.165) is 22.6 Å². The normalized spacial score (nSPS) is 13.8. The minimum Gasteiger partial charge on any atom is -0.507 e. The molecule has 2 heterocycles. The zero-order valence-corrected chi connectivity index (χ0v) is 18.3. The Morgan fingerprint density at radius 2 is 1.69 bits per heavy atom. The average molecular weight is 434 g/mol. The number of aromatic hydroxyl groups is 1. The van der Waals surface area contributed by atoms with Crippen LogP contribution in [0.5, 0.6) is 5.75 Å². The van der Waals surface area contributed by atoms with Crippen LogP contribution in [-0.2, 0) is 6.54 Å². The summed E-state index contributed by atoms with van der Waals surface area (Å²) < 4.78 is 1.94. The van der Waals surface area contributed by atoms with E-state index in [4.69, 9.17) is 0 Å². The number of phenols is 1. The van der Waals surface area contributed by atoms with Gasteiger partial charge in [-0.2, -0.15) is 5.10 Å². The van der Waals surface area contributed by atoms with E-state index in [9.17, 15) is 14.7 Å². The fraction of sp³-hybridized carbons (Fsp3) is 0.292. The standard InChI is InChI=1S/C24H27N5O3/c1-17-14-18(2)29(26-17)16-19-6-5-7-20(15-19)25-24(32)28-12-10-27(11-13-28)23(31)21-8-3-4-9-22(21)30/h3-9,14-15,30H,10-13,16H2,1-2H3,(H,25,32). The molecule has 0 unspecified atom stereocenters. The van der Waals surface area contributed by atoms with Crippen molar-refractivity contribution in [3.05, 3.63) is 77.1 Å². The number of benzene rings is 2. The molecule has 0 aliphatic carbocycles. The maximum Gasteiger partial charge on any atom is 0.321 e. The van der Waals surface area contributed by atoms with Gasteiger partial charge < -0.3 is 20.2 Å². The Balaban J connectivity index is 1.34. The fourth-order valence-electron chi connectivity index (χ4n) is 3.90. The molecule has 0 atom stereocenters. The molecule has 4 rings (SSSR count). The number of amides is 3. The number of aryl methyl sites for hydroxylation is 2. The first kappa shape index (κ1) is 21.4. The molecule has 32 heavy (non-hydrogen) atoms. The van der Waals surface area contributed by atoms with Crippen LogP contribution in [0.25, 0.3) is 0 Å². The lowest BCUT2D eigenvalue weighted by molar-refractivity contribution is 0.0668. The summed E-state index contributed by atoms with van der Waals surface area (Å²) >= 11 is 0. The lowest BCUT2D eigenvalue weighted by atomic mass is 10.1. The molecule has 3 amide bonds. The maximum atomic E-state index is 12.7. The number of nitrogens with zero attached hydrogens (tertiary/aromatic N) is 4. The van der Waals surface area contributed by atoms with Crippen molar-refractivity contribution >= 4 is 17.6 Å². The SMILES string of the molecule is Cc1cc(C)n(Cc2cccc(NC(=O)N3CCN(C(=O)c4ccccc4O)CC3)c2)n1. The second-order valence-corrected chi connectivity index (χ2v) is 8.01. The van der Waals surface area contributed by atoms with E-state index in [-0.39, 0.29) is 23.3 Å². The molecule has 8 heteroatoms. The average Bonchev–Trinajstić information content (AvgIpc) is 3.10. The van der Waals surface area contributed by atoms with Crippen LogP contribution in [0.3, 0.4) is 0 Å². The van der Waals surface area contributed by atoms with Crippen LogP contribution in [0, 0.1) is 13.8 Å². The summed E-state index contributed by atoms with van der Waals surface area (Å²) in [6, 6.07) is 16.1. The number of piperazine rings is 1. The molecule has 166 valence electrons. The third-order valence-electron chi connectivity index (χ3n) is 5.60. The van der Waals surface area contributed by atoms with E-state index in [1.807, 2.05) is 48.9 Å². The van der Waals surface area contributed by atoms with Gasteiger partial charge in [0.1, 0.15) is 5.75 Å². The first-order valence-electron chi connectivity index (χ1n) is 10.6. The first-order valence-corrected chi connectivity index (χ1v) is 10.6. The molecule has 2 aromatic carbocycles. The quantitative estimate of drug-likeness (QED) is 0.661. The molecule has 1 aliphatic heterocycles. The van der Waals surface area contributed by atoms with Gasteiger partial charge in [-0.15, -0.1) is 0 Å². The number of urea groups is 1. The van der Waals surface area contributed by atoms with Crippen LogP contribution in [0.2, 0.25) is 0 Å². The van der Waals surface area contributed by atoms with Gasteiger partial charge in [0.05, 0.1) is 17.8 Å². The minimum absolute atomic E-state index is 0.0296. The monoisotopic (exact) mass is 433 g/mol. The second-order valence-electron chi connectivity index (χ2n) is 8.01. The maximum absolute atomic E-state index is 12.7. The van der Waals surface area contributed by atoms with E-state index in [0.29, 0.717) is 32.7 Å². The number of carbonyl (C=O) groups is 2. The summed E-state index contributed by atoms with van der Waals surface area (Å²) in [4.78, 5) is 28.7. The van der Waals surface area contributed by atoms with Crippen molar-refractivity contribution in [2.24, 2.45) is 0 Å². The Morgan fingerprint density at radius 3 is 2.38 bits per heavy atom. The largest absolute Gasteiger partial charge is 0.507 e. The third kappa shape index (κ3) is 4.74. The predicted octanol–water partition coefficient (Wildman–Crippen LogP) is 3.24. The molecular formula is C24H27N5O3. The van der Waals surface area contributed by atoms with Crippen molar-refractivity contribution in [1.82, 2.24) is 19.6 Å². The van der Waals surface area contributed by atoms with Gasteiger partial charge in [-0.3, -0.25) is 9.48 Å². The fourth-order valence-corrected chi connectivity index (χ4v) is 3.90. The van der Waals surface area contributed by atoms with E-state index < -0.39 is 0 Å². The Hall–Kier alpha value is -3.81. The molecular weight excluding hydrogens is 406 g/mol. The van der Waals surface area contributed by atoms with Crippen molar-refractivity contribution in [2.75, 3.05) is 31.5 Å². The number of rotatable bonds is 4. The number of hydrogen-bond donors (Lipinski definition) is 2. The summed E-state index contributed by atoms with van der Waals surface area (Å²) in [5.41, 5.74) is 4.12. The molecule has 0 radical (unpaired) electrons. The van der Waals surface area contributed by atoms with E-state index in [1.165, 1.54) is 6.07 Å². The third-order valence-corrected chi connectivity index (χ3v) is 5.60. The van der Waals surface area contributed by atoms with Crippen LogP contribution >= 0.6 is 0 Å². The summed E-state index contributed by atoms with van der Waals surface area (Å²) in [6.07, 6.45) is 0. The highest BCUT2D eigenvalue weighted by atomic mass is 16.3. The van der Waals surface area contributed by atoms with Gasteiger partial charge >= 0.3 is 6.03 Å². The van der Waals surface area contributed by atoms with Gasteiger partial charge in [0.15, 0.2) is 0 Å². The first-order chi connectivity index (χ1) is 15.4. The Bertz CT molecular complexity index is 1130. The van der Waals surface area contributed by atoms with Gasteiger partial charge in [-0.25, -0.2) is 4.79 Å². The Morgan fingerprint density at radius 1 is 0.969 bits per heavy atom. The second kappa shape index (κ2) is 9.13. The van der Waals surface area contributed by atoms with Crippen molar-refractivity contribution in [3.8, 4) is 5.75 Å². The van der Waals surface area contributed by atoms with Crippen LogP contribution in [0.4, 0.5) is 10.5 Å². The highest BCUT2D eigenvalue weighted by Gasteiger charge is 2.26. The van der Waals surface area contributed by atoms with Crippen molar-refractivity contribution in [3.63, 3.8) is 0 Å². The van der Waals surface area contributed by atoms with Crippen molar-refractivity contribution in [1.29, 1.82) is 0 Å². The zero-order chi connectivity index (χ0) is 22.7. The Labute approximate surface area is 187 Å². The summed E-state index contributed by atoms with van der Waals surface area (Å²) in [7, 11) is 0. The number of carbonyl (C=O) groups excluding carboxylic acids is 2. The van der Waals surface area contributed by atoms with Crippen molar-refractivity contribution < 1.29 is 14.7 Å². The van der Waals surface area contributed by atoms with Gasteiger partial charge in [0.2, 0.25) is 0 Å². The molecule has 0 spiro atoms. The number of nitrogens with one attached hydrogen (secondary N) is 1.